The van der Waals surface area contributed by atoms with Crippen LogP contribution in [0.2, 0.25) is 20.1 Å². The highest BCUT2D eigenvalue weighted by Crippen LogP contribution is 2.26. The van der Waals surface area contributed by atoms with Gasteiger partial charge in [-0.15, -0.1) is 0 Å². The van der Waals surface area contributed by atoms with Gasteiger partial charge in [0.25, 0.3) is 0 Å². The lowest BCUT2D eigenvalue weighted by Crippen LogP contribution is -2.35. The number of benzene rings is 2. The van der Waals surface area contributed by atoms with E-state index < -0.39 is 0 Å². The van der Waals surface area contributed by atoms with Gasteiger partial charge < -0.3 is 20.9 Å². The van der Waals surface area contributed by atoms with Gasteiger partial charge in [-0.25, -0.2) is 0 Å². The smallest absolute Gasteiger partial charge is 0.173 e. The Morgan fingerprint density at radius 3 is 1.96 bits per heavy atom. The molecule has 0 aliphatic rings. The number of nitrogens with zero attached hydrogens (tertiary/aromatic N) is 1. The highest BCUT2D eigenvalue weighted by Gasteiger charge is 2.08. The summed E-state index contributed by atoms with van der Waals surface area (Å²) in [5, 5.41) is 12.5. The zero-order valence-corrected chi connectivity index (χ0v) is 19.5. The Balaban J connectivity index is 1.71. The Hall–Kier alpha value is -1.02. The van der Waals surface area contributed by atoms with Gasteiger partial charge in [-0.2, -0.15) is 0 Å². The number of halogens is 4. The molecule has 2 aromatic rings. The predicted octanol–water partition coefficient (Wildman–Crippen LogP) is 6.31. The Labute approximate surface area is 195 Å². The summed E-state index contributed by atoms with van der Waals surface area (Å²) in [6.07, 6.45) is 0.822. The number of anilines is 2. The molecule has 0 heterocycles. The lowest BCUT2D eigenvalue weighted by Gasteiger charge is -2.22. The molecule has 2 rings (SSSR count). The van der Waals surface area contributed by atoms with Crippen LogP contribution in [0.15, 0.2) is 36.4 Å². The van der Waals surface area contributed by atoms with Gasteiger partial charge in [0.05, 0.1) is 21.4 Å². The van der Waals surface area contributed by atoms with Gasteiger partial charge >= 0.3 is 0 Å². The molecule has 150 valence electrons. The van der Waals surface area contributed by atoms with Gasteiger partial charge in [0.1, 0.15) is 0 Å². The van der Waals surface area contributed by atoms with E-state index in [4.69, 9.17) is 70.8 Å². The Morgan fingerprint density at radius 2 is 1.43 bits per heavy atom. The van der Waals surface area contributed by atoms with E-state index in [9.17, 15) is 0 Å². The molecule has 0 spiro atoms. The van der Waals surface area contributed by atoms with Crippen LogP contribution in [0, 0.1) is 0 Å². The van der Waals surface area contributed by atoms with Crippen LogP contribution in [0.5, 0.6) is 0 Å². The number of thiocarbonyl (C=S) groups is 2. The predicted molar refractivity (Wildman–Crippen MR) is 131 cm³/mol. The Kier molecular flexibility index (Phi) is 9.34. The van der Waals surface area contributed by atoms with Crippen molar-refractivity contribution in [3.05, 3.63) is 56.5 Å². The van der Waals surface area contributed by atoms with Crippen molar-refractivity contribution in [3.8, 4) is 0 Å². The molecular formula is C18H18Cl4N4S2. The summed E-state index contributed by atoms with van der Waals surface area (Å²) in [6, 6.07) is 10.4. The van der Waals surface area contributed by atoms with Gasteiger partial charge in [0.15, 0.2) is 10.2 Å². The SMILES string of the molecule is CN(CCCNC(=S)Nc1ccc(Cl)cc1Cl)C(=S)Nc1ccc(Cl)cc1Cl. The largest absolute Gasteiger partial charge is 0.362 e. The lowest BCUT2D eigenvalue weighted by atomic mass is 10.3. The van der Waals surface area contributed by atoms with Crippen LogP contribution < -0.4 is 16.0 Å². The van der Waals surface area contributed by atoms with E-state index in [-0.39, 0.29) is 0 Å². The molecular weight excluding hydrogens is 478 g/mol. The fraction of sp³-hybridized carbons (Fsp3) is 0.222. The number of rotatable bonds is 6. The van der Waals surface area contributed by atoms with Crippen LogP contribution >= 0.6 is 70.8 Å². The molecule has 0 saturated heterocycles. The van der Waals surface area contributed by atoms with Gasteiger partial charge in [0.2, 0.25) is 0 Å². The van der Waals surface area contributed by atoms with Crippen molar-refractivity contribution in [1.29, 1.82) is 0 Å². The number of nitrogens with one attached hydrogen (secondary N) is 3. The molecule has 4 nitrogen and oxygen atoms in total. The molecule has 10 heteroatoms. The summed E-state index contributed by atoms with van der Waals surface area (Å²) in [5.41, 5.74) is 1.41. The van der Waals surface area contributed by atoms with Gasteiger partial charge in [0, 0.05) is 30.2 Å². The minimum absolute atomic E-state index is 0.487. The molecule has 0 unspecified atom stereocenters. The van der Waals surface area contributed by atoms with Gasteiger partial charge in [-0.3, -0.25) is 0 Å². The highest BCUT2D eigenvalue weighted by atomic mass is 35.5. The summed E-state index contributed by atoms with van der Waals surface area (Å²) < 4.78 is 0. The summed E-state index contributed by atoms with van der Waals surface area (Å²) in [5.74, 6) is 0. The zero-order valence-electron chi connectivity index (χ0n) is 14.9. The molecule has 28 heavy (non-hydrogen) atoms. The quantitative estimate of drug-likeness (QED) is 0.322. The van der Waals surface area contributed by atoms with Crippen molar-refractivity contribution in [1.82, 2.24) is 10.2 Å². The molecule has 0 radical (unpaired) electrons. The Morgan fingerprint density at radius 1 is 0.893 bits per heavy atom. The van der Waals surface area contributed by atoms with E-state index in [0.29, 0.717) is 48.2 Å². The van der Waals surface area contributed by atoms with Crippen molar-refractivity contribution in [3.63, 3.8) is 0 Å². The third-order valence-electron chi connectivity index (χ3n) is 3.65. The average Bonchev–Trinajstić information content (AvgIpc) is 2.63. The monoisotopic (exact) mass is 494 g/mol. The standard InChI is InChI=1S/C18H18Cl4N4S2/c1-26(18(28)25-16-6-4-12(20)10-14(16)22)8-2-7-23-17(27)24-15-5-3-11(19)9-13(15)21/h3-6,9-10H,2,7-8H2,1H3,(H,25,28)(H2,23,24,27). The van der Waals surface area contributed by atoms with Crippen LogP contribution in [0.4, 0.5) is 11.4 Å². The van der Waals surface area contributed by atoms with Crippen LogP contribution in [0.25, 0.3) is 0 Å². The highest BCUT2D eigenvalue weighted by molar-refractivity contribution is 7.80. The number of hydrogen-bond acceptors (Lipinski definition) is 2. The molecule has 2 aromatic carbocycles. The third-order valence-corrected chi connectivity index (χ3v) is 5.41. The van der Waals surface area contributed by atoms with Crippen LogP contribution in [-0.4, -0.2) is 35.3 Å². The normalized spacial score (nSPS) is 10.3. The van der Waals surface area contributed by atoms with E-state index in [2.05, 4.69) is 16.0 Å². The lowest BCUT2D eigenvalue weighted by molar-refractivity contribution is 0.493. The van der Waals surface area contributed by atoms with Crippen LogP contribution in [-0.2, 0) is 0 Å². The number of hydrogen-bond donors (Lipinski definition) is 3. The molecule has 0 atom stereocenters. The first kappa shape index (κ1) is 23.3. The first-order valence-electron chi connectivity index (χ1n) is 8.23. The van der Waals surface area contributed by atoms with Crippen molar-refractivity contribution in [2.45, 2.75) is 6.42 Å². The van der Waals surface area contributed by atoms with Crippen molar-refractivity contribution < 1.29 is 0 Å². The maximum absolute atomic E-state index is 6.15. The third kappa shape index (κ3) is 7.43. The molecule has 0 bridgehead atoms. The van der Waals surface area contributed by atoms with E-state index >= 15 is 0 Å². The fourth-order valence-corrected chi connectivity index (χ4v) is 3.50. The van der Waals surface area contributed by atoms with Crippen LogP contribution in [0.3, 0.4) is 0 Å². The summed E-state index contributed by atoms with van der Waals surface area (Å²) in [6.45, 7) is 1.40. The van der Waals surface area contributed by atoms with Crippen molar-refractivity contribution in [2.75, 3.05) is 30.8 Å². The maximum Gasteiger partial charge on any atom is 0.173 e. The second-order valence-corrected chi connectivity index (χ2v) is 8.32. The fourth-order valence-electron chi connectivity index (χ4n) is 2.18. The summed E-state index contributed by atoms with van der Waals surface area (Å²) in [7, 11) is 1.91. The van der Waals surface area contributed by atoms with Crippen molar-refractivity contribution >= 4 is 92.4 Å². The molecule has 0 fully saturated rings. The topological polar surface area (TPSA) is 39.3 Å². The van der Waals surface area contributed by atoms with E-state index in [1.807, 2.05) is 11.9 Å². The molecule has 3 N–H and O–H groups in total. The van der Waals surface area contributed by atoms with Crippen LogP contribution in [0.1, 0.15) is 6.42 Å². The van der Waals surface area contributed by atoms with E-state index in [1.165, 1.54) is 0 Å². The maximum atomic E-state index is 6.15. The second-order valence-electron chi connectivity index (χ2n) is 5.83. The molecule has 0 amide bonds. The van der Waals surface area contributed by atoms with Gasteiger partial charge in [-0.1, -0.05) is 46.4 Å². The first-order chi connectivity index (χ1) is 13.3. The summed E-state index contributed by atoms with van der Waals surface area (Å²) in [4.78, 5) is 1.93. The zero-order chi connectivity index (χ0) is 20.7. The minimum atomic E-state index is 0.487. The Bertz CT molecular complexity index is 863. The second kappa shape index (κ2) is 11.2. The average molecular weight is 496 g/mol. The van der Waals surface area contributed by atoms with E-state index in [0.717, 1.165) is 13.0 Å². The summed E-state index contributed by atoms with van der Waals surface area (Å²) >= 11 is 34.7. The molecule has 0 aliphatic heterocycles. The van der Waals surface area contributed by atoms with Crippen molar-refractivity contribution in [2.24, 2.45) is 0 Å². The molecule has 0 saturated carbocycles. The molecule has 0 aromatic heterocycles. The molecule has 0 aliphatic carbocycles. The van der Waals surface area contributed by atoms with Gasteiger partial charge in [-0.05, 0) is 67.3 Å². The van der Waals surface area contributed by atoms with E-state index in [1.54, 1.807) is 36.4 Å². The minimum Gasteiger partial charge on any atom is -0.362 e. The first-order valence-corrected chi connectivity index (χ1v) is 10.6.